The predicted octanol–water partition coefficient (Wildman–Crippen LogP) is 3.43. The van der Waals surface area contributed by atoms with Gasteiger partial charge >= 0.3 is 0 Å². The number of piperidine rings is 1. The van der Waals surface area contributed by atoms with Crippen molar-refractivity contribution in [3.63, 3.8) is 0 Å². The van der Waals surface area contributed by atoms with Crippen molar-refractivity contribution in [3.8, 4) is 0 Å². The monoisotopic (exact) mass is 360 g/mol. The summed E-state index contributed by atoms with van der Waals surface area (Å²) in [6, 6.07) is 6.93. The molecule has 1 unspecified atom stereocenters. The highest BCUT2D eigenvalue weighted by atomic mass is 35.5. The van der Waals surface area contributed by atoms with Gasteiger partial charge in [-0.25, -0.2) is 0 Å². The first kappa shape index (κ1) is 17.5. The van der Waals surface area contributed by atoms with Crippen LogP contribution in [0.5, 0.6) is 0 Å². The molecule has 0 spiro atoms. The quantitative estimate of drug-likeness (QED) is 0.876. The molecule has 0 radical (unpaired) electrons. The topological polar surface area (TPSA) is 78.1 Å². The molecule has 1 saturated heterocycles. The minimum Gasteiger partial charge on any atom is -0.338 e. The Labute approximate surface area is 151 Å². The highest BCUT2D eigenvalue weighted by Crippen LogP contribution is 2.28. The van der Waals surface area contributed by atoms with Crippen LogP contribution >= 0.6 is 11.6 Å². The van der Waals surface area contributed by atoms with Crippen LogP contribution in [0.1, 0.15) is 48.2 Å². The molecule has 132 valence electrons. The Hall–Kier alpha value is -2.34. The van der Waals surface area contributed by atoms with Crippen LogP contribution in [0.15, 0.2) is 30.5 Å². The average Bonchev–Trinajstić information content (AvgIpc) is 3.16. The zero-order valence-corrected chi connectivity index (χ0v) is 14.8. The van der Waals surface area contributed by atoms with E-state index in [2.05, 4.69) is 15.5 Å². The molecule has 6 nitrogen and oxygen atoms in total. The summed E-state index contributed by atoms with van der Waals surface area (Å²) >= 11 is 6.04. The van der Waals surface area contributed by atoms with Crippen molar-refractivity contribution in [2.45, 2.75) is 32.1 Å². The SMILES string of the molecule is CCC(=O)Nc1cc(Cl)ccc1C(=O)N1CCCC(c2ccn[nH]2)C1. The van der Waals surface area contributed by atoms with Gasteiger partial charge in [-0.3, -0.25) is 14.7 Å². The Kier molecular flexibility index (Phi) is 5.38. The summed E-state index contributed by atoms with van der Waals surface area (Å²) < 4.78 is 0. The van der Waals surface area contributed by atoms with E-state index in [-0.39, 0.29) is 17.7 Å². The number of amides is 2. The number of benzene rings is 1. The van der Waals surface area contributed by atoms with E-state index >= 15 is 0 Å². The number of carbonyl (C=O) groups is 2. The van der Waals surface area contributed by atoms with Crippen molar-refractivity contribution < 1.29 is 9.59 Å². The summed E-state index contributed by atoms with van der Waals surface area (Å²) in [7, 11) is 0. The van der Waals surface area contributed by atoms with Gasteiger partial charge in [0.15, 0.2) is 0 Å². The third-order valence-corrected chi connectivity index (χ3v) is 4.71. The lowest BCUT2D eigenvalue weighted by Gasteiger charge is -2.32. The molecule has 7 heteroatoms. The van der Waals surface area contributed by atoms with Crippen molar-refractivity contribution in [2.24, 2.45) is 0 Å². The standard InChI is InChI=1S/C18H21ClN4O2/c1-2-17(24)21-16-10-13(19)5-6-14(16)18(25)23-9-3-4-12(11-23)15-7-8-20-22-15/h5-8,10,12H,2-4,9,11H2,1H3,(H,20,22)(H,21,24). The number of hydrogen-bond acceptors (Lipinski definition) is 3. The normalized spacial score (nSPS) is 17.4. The highest BCUT2D eigenvalue weighted by molar-refractivity contribution is 6.31. The maximum Gasteiger partial charge on any atom is 0.255 e. The van der Waals surface area contributed by atoms with Crippen LogP contribution in [0.2, 0.25) is 5.02 Å². The first-order chi connectivity index (χ1) is 12.1. The molecule has 25 heavy (non-hydrogen) atoms. The highest BCUT2D eigenvalue weighted by Gasteiger charge is 2.27. The number of aromatic amines is 1. The molecule has 3 rings (SSSR count). The lowest BCUT2D eigenvalue weighted by Crippen LogP contribution is -2.39. The fourth-order valence-corrected chi connectivity index (χ4v) is 3.30. The van der Waals surface area contributed by atoms with Crippen molar-refractivity contribution in [2.75, 3.05) is 18.4 Å². The van der Waals surface area contributed by atoms with Gasteiger partial charge in [-0.15, -0.1) is 0 Å². The lowest BCUT2D eigenvalue weighted by atomic mass is 9.94. The van der Waals surface area contributed by atoms with E-state index in [0.717, 1.165) is 18.5 Å². The minimum absolute atomic E-state index is 0.0905. The fourth-order valence-electron chi connectivity index (χ4n) is 3.12. The summed E-state index contributed by atoms with van der Waals surface area (Å²) in [6.45, 7) is 3.10. The number of nitrogens with one attached hydrogen (secondary N) is 2. The van der Waals surface area contributed by atoms with Gasteiger partial charge in [0.25, 0.3) is 5.91 Å². The van der Waals surface area contributed by atoms with E-state index in [4.69, 9.17) is 11.6 Å². The molecule has 1 atom stereocenters. The number of nitrogens with zero attached hydrogens (tertiary/aromatic N) is 2. The van der Waals surface area contributed by atoms with E-state index in [0.29, 0.717) is 35.8 Å². The molecule has 1 aromatic carbocycles. The number of likely N-dealkylation sites (tertiary alicyclic amines) is 1. The lowest BCUT2D eigenvalue weighted by molar-refractivity contribution is -0.115. The number of halogens is 1. The molecule has 1 fully saturated rings. The zero-order chi connectivity index (χ0) is 17.8. The Morgan fingerprint density at radius 2 is 2.24 bits per heavy atom. The van der Waals surface area contributed by atoms with Gasteiger partial charge in [0.1, 0.15) is 0 Å². The van der Waals surface area contributed by atoms with Crippen LogP contribution in [0.4, 0.5) is 5.69 Å². The molecular weight excluding hydrogens is 340 g/mol. The molecule has 0 saturated carbocycles. The third kappa shape index (κ3) is 4.02. The van der Waals surface area contributed by atoms with Gasteiger partial charge in [-0.05, 0) is 37.1 Å². The van der Waals surface area contributed by atoms with Crippen molar-refractivity contribution >= 4 is 29.1 Å². The molecule has 1 aliphatic rings. The molecule has 0 aliphatic carbocycles. The molecule has 2 aromatic rings. The number of aromatic nitrogens is 2. The summed E-state index contributed by atoms with van der Waals surface area (Å²) in [5.41, 5.74) is 1.98. The zero-order valence-electron chi connectivity index (χ0n) is 14.1. The maximum absolute atomic E-state index is 13.0. The van der Waals surface area contributed by atoms with Crippen LogP contribution in [0, 0.1) is 0 Å². The number of hydrogen-bond donors (Lipinski definition) is 2. The van der Waals surface area contributed by atoms with E-state index in [9.17, 15) is 9.59 Å². The van der Waals surface area contributed by atoms with Crippen LogP contribution in [0.3, 0.4) is 0 Å². The van der Waals surface area contributed by atoms with Gasteiger partial charge in [-0.1, -0.05) is 18.5 Å². The summed E-state index contributed by atoms with van der Waals surface area (Å²) in [4.78, 5) is 26.6. The Morgan fingerprint density at radius 3 is 2.96 bits per heavy atom. The van der Waals surface area contributed by atoms with Gasteiger partial charge in [-0.2, -0.15) is 5.10 Å². The summed E-state index contributed by atoms with van der Waals surface area (Å²) in [5, 5.41) is 10.3. The fraction of sp³-hybridized carbons (Fsp3) is 0.389. The Morgan fingerprint density at radius 1 is 1.40 bits per heavy atom. The van der Waals surface area contributed by atoms with E-state index in [1.54, 1.807) is 31.3 Å². The van der Waals surface area contributed by atoms with Gasteiger partial charge in [0.2, 0.25) is 5.91 Å². The van der Waals surface area contributed by atoms with E-state index in [1.165, 1.54) is 0 Å². The second kappa shape index (κ2) is 7.70. The molecule has 0 bridgehead atoms. The molecular formula is C18H21ClN4O2. The van der Waals surface area contributed by atoms with Crippen LogP contribution in [0.25, 0.3) is 0 Å². The molecule has 2 heterocycles. The maximum atomic E-state index is 13.0. The largest absolute Gasteiger partial charge is 0.338 e. The van der Waals surface area contributed by atoms with E-state index < -0.39 is 0 Å². The van der Waals surface area contributed by atoms with Crippen LogP contribution in [-0.2, 0) is 4.79 Å². The van der Waals surface area contributed by atoms with Crippen molar-refractivity contribution in [1.82, 2.24) is 15.1 Å². The smallest absolute Gasteiger partial charge is 0.255 e. The van der Waals surface area contributed by atoms with Gasteiger partial charge in [0, 0.05) is 42.3 Å². The van der Waals surface area contributed by atoms with Gasteiger partial charge < -0.3 is 10.2 Å². The number of H-pyrrole nitrogens is 1. The number of rotatable bonds is 4. The first-order valence-electron chi connectivity index (χ1n) is 8.46. The average molecular weight is 361 g/mol. The van der Waals surface area contributed by atoms with Crippen LogP contribution < -0.4 is 5.32 Å². The Bertz CT molecular complexity index is 760. The molecule has 1 aliphatic heterocycles. The van der Waals surface area contributed by atoms with Crippen LogP contribution in [-0.4, -0.2) is 40.0 Å². The third-order valence-electron chi connectivity index (χ3n) is 4.48. The van der Waals surface area contributed by atoms with Gasteiger partial charge in [0.05, 0.1) is 11.3 Å². The van der Waals surface area contributed by atoms with Crippen molar-refractivity contribution in [3.05, 3.63) is 46.7 Å². The van der Waals surface area contributed by atoms with E-state index in [1.807, 2.05) is 11.0 Å². The molecule has 2 amide bonds. The predicted molar refractivity (Wildman–Crippen MR) is 96.8 cm³/mol. The summed E-state index contributed by atoms with van der Waals surface area (Å²) in [5.74, 6) is 0.0127. The minimum atomic E-state index is -0.148. The molecule has 2 N–H and O–H groups in total. The molecule has 1 aromatic heterocycles. The second-order valence-electron chi connectivity index (χ2n) is 6.19. The van der Waals surface area contributed by atoms with Crippen molar-refractivity contribution in [1.29, 1.82) is 0 Å². The Balaban J connectivity index is 1.81. The number of anilines is 1. The second-order valence-corrected chi connectivity index (χ2v) is 6.63. The first-order valence-corrected chi connectivity index (χ1v) is 8.84. The summed E-state index contributed by atoms with van der Waals surface area (Å²) in [6.07, 6.45) is 4.02. The number of carbonyl (C=O) groups excluding carboxylic acids is 2.